The molecule has 0 aliphatic rings. The smallest absolute Gasteiger partial charge is 0.355 e. The zero-order chi connectivity index (χ0) is 15.7. The summed E-state index contributed by atoms with van der Waals surface area (Å²) in [7, 11) is 0. The number of aromatic carboxylic acids is 1. The van der Waals surface area contributed by atoms with E-state index in [0.717, 1.165) is 0 Å². The van der Waals surface area contributed by atoms with Gasteiger partial charge in [-0.1, -0.05) is 0 Å². The van der Waals surface area contributed by atoms with Crippen LogP contribution in [0.25, 0.3) is 0 Å². The van der Waals surface area contributed by atoms with Crippen LogP contribution in [-0.2, 0) is 16.0 Å². The Balaban J connectivity index is 2.10. The van der Waals surface area contributed by atoms with Crippen LogP contribution in [0.4, 0.5) is 4.79 Å². The van der Waals surface area contributed by atoms with Crippen LogP contribution in [-0.4, -0.2) is 54.3 Å². The number of nitrogens with zero attached hydrogens (tertiary/aromatic N) is 1. The molecule has 9 nitrogen and oxygen atoms in total. The zero-order valence-corrected chi connectivity index (χ0v) is 11.9. The van der Waals surface area contributed by atoms with E-state index in [0.29, 0.717) is 18.0 Å². The van der Waals surface area contributed by atoms with E-state index >= 15 is 0 Å². The number of hydrogen-bond donors (Lipinski definition) is 4. The molecule has 0 spiro atoms. The van der Waals surface area contributed by atoms with Crippen LogP contribution in [0.2, 0.25) is 0 Å². The van der Waals surface area contributed by atoms with Crippen LogP contribution in [0.3, 0.4) is 0 Å². The van der Waals surface area contributed by atoms with Gasteiger partial charge in [0, 0.05) is 24.9 Å². The van der Waals surface area contributed by atoms with Gasteiger partial charge in [0.25, 0.3) is 0 Å². The van der Waals surface area contributed by atoms with Gasteiger partial charge in [-0.15, -0.1) is 11.3 Å². The lowest BCUT2D eigenvalue weighted by atomic mass is 10.4. The highest BCUT2D eigenvalue weighted by atomic mass is 32.1. The molecule has 1 aromatic rings. The predicted molar refractivity (Wildman–Crippen MR) is 74.2 cm³/mol. The average Bonchev–Trinajstić information content (AvgIpc) is 2.87. The van der Waals surface area contributed by atoms with E-state index in [2.05, 4.69) is 15.6 Å². The number of ether oxygens (including phenoxy) is 1. The molecule has 0 aliphatic heterocycles. The third-order valence-corrected chi connectivity index (χ3v) is 3.08. The van der Waals surface area contributed by atoms with Crippen LogP contribution >= 0.6 is 11.3 Å². The number of aromatic nitrogens is 1. The molecule has 0 aliphatic carbocycles. The van der Waals surface area contributed by atoms with Crippen LogP contribution in [0.15, 0.2) is 5.38 Å². The van der Waals surface area contributed by atoms with E-state index in [1.165, 1.54) is 16.7 Å². The molecule has 0 radical (unpaired) electrons. The molecule has 0 saturated heterocycles. The average molecular weight is 316 g/mol. The number of hydrogen-bond acceptors (Lipinski definition) is 6. The molecule has 5 N–H and O–H groups in total. The highest BCUT2D eigenvalue weighted by Gasteiger charge is 2.08. The minimum atomic E-state index is -1.07. The summed E-state index contributed by atoms with van der Waals surface area (Å²) in [4.78, 5) is 36.3. The first-order chi connectivity index (χ1) is 9.99. The molecule has 10 heteroatoms. The summed E-state index contributed by atoms with van der Waals surface area (Å²) in [5.41, 5.74) is 4.88. The third-order valence-electron chi connectivity index (χ3n) is 2.17. The van der Waals surface area contributed by atoms with Crippen molar-refractivity contribution in [3.63, 3.8) is 0 Å². The summed E-state index contributed by atoms with van der Waals surface area (Å²) < 4.78 is 4.86. The first-order valence-electron chi connectivity index (χ1n) is 6.04. The first-order valence-corrected chi connectivity index (χ1v) is 6.92. The normalized spacial score (nSPS) is 10.1. The Morgan fingerprint density at radius 3 is 2.67 bits per heavy atom. The molecule has 1 rings (SSSR count). The van der Waals surface area contributed by atoms with Crippen molar-refractivity contribution in [2.24, 2.45) is 5.73 Å². The van der Waals surface area contributed by atoms with Crippen molar-refractivity contribution >= 4 is 29.2 Å². The summed E-state index contributed by atoms with van der Waals surface area (Å²) in [5.74, 6) is -1.64. The van der Waals surface area contributed by atoms with Crippen LogP contribution < -0.4 is 16.4 Å². The molecular weight excluding hydrogens is 300 g/mol. The quantitative estimate of drug-likeness (QED) is 0.438. The molecule has 0 unspecified atom stereocenters. The predicted octanol–water partition coefficient (Wildman–Crippen LogP) is -0.815. The number of carbonyl (C=O) groups excluding carboxylic acids is 2. The summed E-state index contributed by atoms with van der Waals surface area (Å²) in [5, 5.41) is 15.9. The first kappa shape index (κ1) is 16.9. The molecule has 116 valence electrons. The lowest BCUT2D eigenvalue weighted by Crippen LogP contribution is -2.38. The fourth-order valence-electron chi connectivity index (χ4n) is 1.28. The summed E-state index contributed by atoms with van der Waals surface area (Å²) >= 11 is 1.23. The number of thiazole rings is 1. The van der Waals surface area contributed by atoms with E-state index < -0.39 is 11.9 Å². The minimum absolute atomic E-state index is 0.00560. The number of amides is 3. The Morgan fingerprint density at radius 2 is 2.05 bits per heavy atom. The van der Waals surface area contributed by atoms with Crippen molar-refractivity contribution in [2.75, 3.05) is 26.3 Å². The number of rotatable bonds is 9. The van der Waals surface area contributed by atoms with Gasteiger partial charge >= 0.3 is 12.0 Å². The van der Waals surface area contributed by atoms with Gasteiger partial charge in [-0.3, -0.25) is 4.79 Å². The fraction of sp³-hybridized carbons (Fsp3) is 0.455. The van der Waals surface area contributed by atoms with Crippen LogP contribution in [0.5, 0.6) is 0 Å². The summed E-state index contributed by atoms with van der Waals surface area (Å²) in [6.45, 7) is 0.587. The molecular formula is C11H16N4O5S. The fourth-order valence-corrected chi connectivity index (χ4v) is 2.05. The van der Waals surface area contributed by atoms with Crippen LogP contribution in [0, 0.1) is 0 Å². The Bertz CT molecular complexity index is 505. The Hall–Kier alpha value is -2.20. The molecule has 0 aromatic carbocycles. The molecule has 0 fully saturated rings. The largest absolute Gasteiger partial charge is 0.476 e. The van der Waals surface area contributed by atoms with Gasteiger partial charge in [-0.25, -0.2) is 14.6 Å². The number of carboxylic acid groups (broad SMARTS) is 1. The highest BCUT2D eigenvalue weighted by molar-refractivity contribution is 7.09. The Morgan fingerprint density at radius 1 is 1.33 bits per heavy atom. The molecule has 1 aromatic heterocycles. The molecule has 0 saturated carbocycles. The maximum Gasteiger partial charge on any atom is 0.355 e. The van der Waals surface area contributed by atoms with Gasteiger partial charge < -0.3 is 26.2 Å². The van der Waals surface area contributed by atoms with Crippen molar-refractivity contribution in [3.8, 4) is 0 Å². The van der Waals surface area contributed by atoms with E-state index in [1.807, 2.05) is 0 Å². The van der Waals surface area contributed by atoms with Crippen molar-refractivity contribution in [2.45, 2.75) is 6.42 Å². The second-order valence-corrected chi connectivity index (χ2v) is 4.83. The van der Waals surface area contributed by atoms with Gasteiger partial charge in [0.2, 0.25) is 5.91 Å². The topological polar surface area (TPSA) is 144 Å². The van der Waals surface area contributed by atoms with Gasteiger partial charge in [0.1, 0.15) is 6.61 Å². The summed E-state index contributed by atoms with van der Waals surface area (Å²) in [6.07, 6.45) is 0.448. The van der Waals surface area contributed by atoms with Gasteiger partial charge in [-0.05, 0) is 0 Å². The maximum atomic E-state index is 11.4. The molecule has 21 heavy (non-hydrogen) atoms. The van der Waals surface area contributed by atoms with Gasteiger partial charge in [0.05, 0.1) is 11.6 Å². The second-order valence-electron chi connectivity index (χ2n) is 3.88. The van der Waals surface area contributed by atoms with E-state index in [-0.39, 0.29) is 31.5 Å². The van der Waals surface area contributed by atoms with E-state index in [9.17, 15) is 14.4 Å². The Labute approximate surface area is 124 Å². The van der Waals surface area contributed by atoms with Crippen LogP contribution in [0.1, 0.15) is 15.5 Å². The number of nitrogens with two attached hydrogens (primary N) is 1. The second kappa shape index (κ2) is 8.87. The number of urea groups is 1. The summed E-state index contributed by atoms with van der Waals surface area (Å²) in [6, 6.07) is -0.382. The monoisotopic (exact) mass is 316 g/mol. The van der Waals surface area contributed by atoms with E-state index in [4.69, 9.17) is 15.6 Å². The zero-order valence-electron chi connectivity index (χ0n) is 11.1. The number of nitrogens with one attached hydrogen (secondary N) is 2. The lowest BCUT2D eigenvalue weighted by molar-refractivity contribution is -0.122. The number of primary amides is 1. The van der Waals surface area contributed by atoms with Crippen molar-refractivity contribution in [1.29, 1.82) is 0 Å². The maximum absolute atomic E-state index is 11.4. The molecule has 0 bridgehead atoms. The van der Waals surface area contributed by atoms with Gasteiger partial charge in [0.15, 0.2) is 5.69 Å². The molecule has 3 amide bonds. The van der Waals surface area contributed by atoms with Crippen molar-refractivity contribution in [3.05, 3.63) is 16.1 Å². The SMILES string of the molecule is NC(=O)COCCNC(=O)NCCc1nc(C(=O)O)cs1. The van der Waals surface area contributed by atoms with E-state index in [1.54, 1.807) is 0 Å². The van der Waals surface area contributed by atoms with Crippen molar-refractivity contribution in [1.82, 2.24) is 15.6 Å². The lowest BCUT2D eigenvalue weighted by Gasteiger charge is -2.06. The Kier molecular flexibility index (Phi) is 7.12. The molecule has 1 heterocycles. The van der Waals surface area contributed by atoms with Crippen molar-refractivity contribution < 1.29 is 24.2 Å². The third kappa shape index (κ3) is 7.22. The standard InChI is InChI=1S/C11H16N4O5S/c12-8(16)5-20-4-3-14-11(19)13-2-1-9-15-7(6-21-9)10(17)18/h6H,1-5H2,(H2,12,16)(H,17,18)(H2,13,14,19). The number of carbonyl (C=O) groups is 3. The highest BCUT2D eigenvalue weighted by Crippen LogP contribution is 2.09. The van der Waals surface area contributed by atoms with Gasteiger partial charge in [-0.2, -0.15) is 0 Å². The minimum Gasteiger partial charge on any atom is -0.476 e. The molecule has 0 atom stereocenters. The number of carboxylic acids is 1.